The summed E-state index contributed by atoms with van der Waals surface area (Å²) >= 11 is 5.80. The largest absolute Gasteiger partial charge is 0.337 e. The Morgan fingerprint density at radius 1 is 1.15 bits per heavy atom. The fourth-order valence-corrected chi connectivity index (χ4v) is 4.03. The maximum absolute atomic E-state index is 12.5. The van der Waals surface area contributed by atoms with E-state index in [0.717, 1.165) is 19.5 Å². The molecule has 2 aromatic carbocycles. The Kier molecular flexibility index (Phi) is 7.11. The molecule has 2 aromatic rings. The second kappa shape index (κ2) is 8.93. The molecule has 0 aromatic heterocycles. The quantitative estimate of drug-likeness (QED) is 0.765. The first-order chi connectivity index (χ1) is 12.4. The molecule has 9 heteroatoms. The summed E-state index contributed by atoms with van der Waals surface area (Å²) in [5, 5.41) is 3.75. The SMILES string of the molecule is CN(C(=O)c1ccc(S(=O)(=O)Nc2ccc(Cl)cc2)cc1)C1CCNC1.Cl. The highest BCUT2D eigenvalue weighted by Gasteiger charge is 2.24. The van der Waals surface area contributed by atoms with Crippen LogP contribution in [0.5, 0.6) is 0 Å². The molecule has 3 rings (SSSR count). The first-order valence-electron chi connectivity index (χ1n) is 8.23. The average Bonchev–Trinajstić information content (AvgIpc) is 3.17. The summed E-state index contributed by atoms with van der Waals surface area (Å²) in [4.78, 5) is 14.3. The number of hydrogen-bond acceptors (Lipinski definition) is 4. The van der Waals surface area contributed by atoms with Crippen molar-refractivity contribution in [2.75, 3.05) is 24.9 Å². The van der Waals surface area contributed by atoms with Crippen molar-refractivity contribution in [2.45, 2.75) is 17.4 Å². The summed E-state index contributed by atoms with van der Waals surface area (Å²) in [6, 6.07) is 12.5. The van der Waals surface area contributed by atoms with E-state index in [1.54, 1.807) is 36.2 Å². The molecule has 27 heavy (non-hydrogen) atoms. The Morgan fingerprint density at radius 2 is 1.78 bits per heavy atom. The van der Waals surface area contributed by atoms with Gasteiger partial charge in [0, 0.05) is 35.9 Å². The van der Waals surface area contributed by atoms with Gasteiger partial charge in [0.1, 0.15) is 0 Å². The van der Waals surface area contributed by atoms with Crippen LogP contribution in [0.2, 0.25) is 5.02 Å². The van der Waals surface area contributed by atoms with E-state index in [0.29, 0.717) is 16.3 Å². The molecule has 1 saturated heterocycles. The van der Waals surface area contributed by atoms with Gasteiger partial charge in [-0.3, -0.25) is 9.52 Å². The highest BCUT2D eigenvalue weighted by Crippen LogP contribution is 2.19. The van der Waals surface area contributed by atoms with Crippen molar-refractivity contribution in [1.29, 1.82) is 0 Å². The van der Waals surface area contributed by atoms with Crippen LogP contribution in [0.3, 0.4) is 0 Å². The van der Waals surface area contributed by atoms with Gasteiger partial charge in [-0.15, -0.1) is 12.4 Å². The highest BCUT2D eigenvalue weighted by molar-refractivity contribution is 7.92. The number of nitrogens with zero attached hydrogens (tertiary/aromatic N) is 1. The number of rotatable bonds is 5. The van der Waals surface area contributed by atoms with Crippen LogP contribution in [0.25, 0.3) is 0 Å². The van der Waals surface area contributed by atoms with Gasteiger partial charge >= 0.3 is 0 Å². The molecule has 1 unspecified atom stereocenters. The third-order valence-corrected chi connectivity index (χ3v) is 6.06. The first-order valence-corrected chi connectivity index (χ1v) is 10.1. The van der Waals surface area contributed by atoms with Crippen LogP contribution in [0.15, 0.2) is 53.4 Å². The van der Waals surface area contributed by atoms with Gasteiger partial charge in [-0.1, -0.05) is 11.6 Å². The lowest BCUT2D eigenvalue weighted by Gasteiger charge is -2.23. The van der Waals surface area contributed by atoms with Gasteiger partial charge in [-0.05, 0) is 61.5 Å². The fourth-order valence-electron chi connectivity index (χ4n) is 2.85. The van der Waals surface area contributed by atoms with Crippen molar-refractivity contribution < 1.29 is 13.2 Å². The number of nitrogens with one attached hydrogen (secondary N) is 2. The van der Waals surface area contributed by atoms with E-state index in [4.69, 9.17) is 11.6 Å². The van der Waals surface area contributed by atoms with Gasteiger partial charge in [-0.25, -0.2) is 8.42 Å². The molecule has 1 fully saturated rings. The van der Waals surface area contributed by atoms with Crippen molar-refractivity contribution in [3.8, 4) is 0 Å². The summed E-state index contributed by atoms with van der Waals surface area (Å²) in [7, 11) is -1.96. The zero-order valence-electron chi connectivity index (χ0n) is 14.7. The zero-order chi connectivity index (χ0) is 18.7. The molecule has 1 atom stereocenters. The predicted octanol–water partition coefficient (Wildman–Crippen LogP) is 3.00. The third-order valence-electron chi connectivity index (χ3n) is 4.41. The molecule has 1 aliphatic rings. The molecule has 0 bridgehead atoms. The molecule has 0 aliphatic carbocycles. The van der Waals surface area contributed by atoms with Crippen LogP contribution in [0.1, 0.15) is 16.8 Å². The lowest BCUT2D eigenvalue weighted by Crippen LogP contribution is -2.38. The monoisotopic (exact) mass is 429 g/mol. The Morgan fingerprint density at radius 3 is 2.33 bits per heavy atom. The second-order valence-corrected chi connectivity index (χ2v) is 8.32. The zero-order valence-corrected chi connectivity index (χ0v) is 17.1. The van der Waals surface area contributed by atoms with Crippen molar-refractivity contribution >= 4 is 45.6 Å². The number of hydrogen-bond donors (Lipinski definition) is 2. The minimum atomic E-state index is -3.73. The smallest absolute Gasteiger partial charge is 0.261 e. The third kappa shape index (κ3) is 5.13. The Labute approximate surface area is 170 Å². The van der Waals surface area contributed by atoms with Gasteiger partial charge < -0.3 is 10.2 Å². The van der Waals surface area contributed by atoms with E-state index in [2.05, 4.69) is 10.0 Å². The van der Waals surface area contributed by atoms with Crippen LogP contribution in [-0.4, -0.2) is 45.4 Å². The highest BCUT2D eigenvalue weighted by atomic mass is 35.5. The number of carbonyl (C=O) groups is 1. The molecular weight excluding hydrogens is 409 g/mol. The lowest BCUT2D eigenvalue weighted by atomic mass is 10.1. The van der Waals surface area contributed by atoms with E-state index < -0.39 is 10.0 Å². The molecule has 0 spiro atoms. The standard InChI is InChI=1S/C18H20ClN3O3S.ClH/c1-22(16-10-11-20-12-16)18(23)13-2-8-17(9-3-13)26(24,25)21-15-6-4-14(19)5-7-15;/h2-9,16,20-21H,10-12H2,1H3;1H. The lowest BCUT2D eigenvalue weighted by molar-refractivity contribution is 0.0743. The maximum atomic E-state index is 12.5. The molecule has 146 valence electrons. The van der Waals surface area contributed by atoms with Gasteiger partial charge in [0.05, 0.1) is 4.90 Å². The predicted molar refractivity (Wildman–Crippen MR) is 109 cm³/mol. The van der Waals surface area contributed by atoms with E-state index >= 15 is 0 Å². The summed E-state index contributed by atoms with van der Waals surface area (Å²) in [5.74, 6) is -0.117. The maximum Gasteiger partial charge on any atom is 0.261 e. The summed E-state index contributed by atoms with van der Waals surface area (Å²) in [5.41, 5.74) is 0.882. The van der Waals surface area contributed by atoms with E-state index in [9.17, 15) is 13.2 Å². The molecule has 0 radical (unpaired) electrons. The molecule has 0 saturated carbocycles. The van der Waals surface area contributed by atoms with Crippen molar-refractivity contribution in [3.05, 3.63) is 59.1 Å². The van der Waals surface area contributed by atoms with E-state index in [1.807, 2.05) is 0 Å². The Balaban J connectivity index is 0.00000261. The normalized spacial score (nSPS) is 16.4. The number of carbonyl (C=O) groups excluding carboxylic acids is 1. The minimum Gasteiger partial charge on any atom is -0.337 e. The molecule has 1 heterocycles. The van der Waals surface area contributed by atoms with Crippen LogP contribution >= 0.6 is 24.0 Å². The van der Waals surface area contributed by atoms with Gasteiger partial charge in [0.25, 0.3) is 15.9 Å². The van der Waals surface area contributed by atoms with Gasteiger partial charge in [-0.2, -0.15) is 0 Å². The average molecular weight is 430 g/mol. The summed E-state index contributed by atoms with van der Waals surface area (Å²) in [6.07, 6.45) is 0.916. The van der Waals surface area contributed by atoms with E-state index in [-0.39, 0.29) is 29.3 Å². The van der Waals surface area contributed by atoms with Crippen LogP contribution in [-0.2, 0) is 10.0 Å². The summed E-state index contributed by atoms with van der Waals surface area (Å²) in [6.45, 7) is 1.68. The second-order valence-electron chi connectivity index (χ2n) is 6.20. The van der Waals surface area contributed by atoms with Crippen LogP contribution < -0.4 is 10.0 Å². The van der Waals surface area contributed by atoms with E-state index in [1.165, 1.54) is 24.3 Å². The number of anilines is 1. The molecule has 1 aliphatic heterocycles. The molecule has 2 N–H and O–H groups in total. The molecular formula is C18H21Cl2N3O3S. The summed E-state index contributed by atoms with van der Waals surface area (Å²) < 4.78 is 27.4. The number of sulfonamides is 1. The number of likely N-dealkylation sites (N-methyl/N-ethyl adjacent to an activating group) is 1. The van der Waals surface area contributed by atoms with Gasteiger partial charge in [0.15, 0.2) is 0 Å². The van der Waals surface area contributed by atoms with Crippen LogP contribution in [0.4, 0.5) is 5.69 Å². The van der Waals surface area contributed by atoms with Gasteiger partial charge in [0.2, 0.25) is 0 Å². The fraction of sp³-hybridized carbons (Fsp3) is 0.278. The van der Waals surface area contributed by atoms with Crippen LogP contribution in [0, 0.1) is 0 Å². The Bertz CT molecular complexity index is 881. The Hall–Kier alpha value is -1.80. The molecule has 1 amide bonds. The number of benzene rings is 2. The number of amides is 1. The number of halogens is 2. The van der Waals surface area contributed by atoms with Crippen molar-refractivity contribution in [3.63, 3.8) is 0 Å². The topological polar surface area (TPSA) is 78.5 Å². The molecule has 6 nitrogen and oxygen atoms in total. The minimum absolute atomic E-state index is 0. The van der Waals surface area contributed by atoms with Crippen molar-refractivity contribution in [1.82, 2.24) is 10.2 Å². The van der Waals surface area contributed by atoms with Crippen molar-refractivity contribution in [2.24, 2.45) is 0 Å². The first kappa shape index (κ1) is 21.5.